The van der Waals surface area contributed by atoms with Crippen LogP contribution >= 0.6 is 0 Å². The highest BCUT2D eigenvalue weighted by molar-refractivity contribution is 5.71. The Morgan fingerprint density at radius 2 is 0.481 bits per heavy atom. The van der Waals surface area contributed by atoms with Crippen LogP contribution in [-0.4, -0.2) is 37.2 Å². The molecule has 0 rings (SSSR count). The van der Waals surface area contributed by atoms with Crippen LogP contribution < -0.4 is 0 Å². The van der Waals surface area contributed by atoms with Gasteiger partial charge in [-0.2, -0.15) is 0 Å². The first kappa shape index (κ1) is 77.6. The van der Waals surface area contributed by atoms with E-state index in [2.05, 4.69) is 106 Å². The van der Waals surface area contributed by atoms with Crippen molar-refractivity contribution in [1.82, 2.24) is 0 Å². The Kier molecular flexibility index (Phi) is 66.2. The first-order valence-corrected chi connectivity index (χ1v) is 35.1. The summed E-state index contributed by atoms with van der Waals surface area (Å²) in [7, 11) is 0. The molecule has 0 aliphatic heterocycles. The van der Waals surface area contributed by atoms with Gasteiger partial charge in [-0.05, 0) is 116 Å². The summed E-state index contributed by atoms with van der Waals surface area (Å²) in [5.74, 6) is -0.877. The molecule has 0 aromatic carbocycles. The Hall–Kier alpha value is -3.41. The van der Waals surface area contributed by atoms with E-state index in [-0.39, 0.29) is 31.1 Å². The van der Waals surface area contributed by atoms with E-state index < -0.39 is 6.10 Å². The molecule has 0 saturated carbocycles. The zero-order chi connectivity index (χ0) is 58.5. The molecule has 0 radical (unpaired) electrons. The minimum atomic E-state index is -0.784. The third-order valence-corrected chi connectivity index (χ3v) is 15.4. The molecule has 0 saturated heterocycles. The summed E-state index contributed by atoms with van der Waals surface area (Å²) in [4.78, 5) is 38.4. The predicted molar refractivity (Wildman–Crippen MR) is 353 cm³/mol. The lowest BCUT2D eigenvalue weighted by Crippen LogP contribution is -2.30. The Morgan fingerprint density at radius 1 is 0.259 bits per heavy atom. The second-order valence-corrected chi connectivity index (χ2v) is 23.4. The van der Waals surface area contributed by atoms with Crippen LogP contribution in [0, 0.1) is 0 Å². The molecule has 0 N–H and O–H groups in total. The lowest BCUT2D eigenvalue weighted by atomic mass is 10.0. The first-order valence-electron chi connectivity index (χ1n) is 35.1. The van der Waals surface area contributed by atoms with Gasteiger partial charge >= 0.3 is 17.9 Å². The van der Waals surface area contributed by atoms with E-state index in [1.165, 1.54) is 212 Å². The quantitative estimate of drug-likeness (QED) is 0.0261. The van der Waals surface area contributed by atoms with Crippen molar-refractivity contribution in [2.75, 3.05) is 13.2 Å². The third kappa shape index (κ3) is 67.3. The molecule has 6 nitrogen and oxygen atoms in total. The normalized spacial score (nSPS) is 12.6. The van der Waals surface area contributed by atoms with Gasteiger partial charge in [-0.25, -0.2) is 0 Å². The minimum Gasteiger partial charge on any atom is -0.462 e. The summed E-state index contributed by atoms with van der Waals surface area (Å²) >= 11 is 0. The summed E-state index contributed by atoms with van der Waals surface area (Å²) in [6.07, 6.45) is 91.8. The molecule has 1 unspecified atom stereocenters. The van der Waals surface area contributed by atoms with Crippen LogP contribution in [-0.2, 0) is 28.6 Å². The zero-order valence-electron chi connectivity index (χ0n) is 53.8. The Morgan fingerprint density at radius 3 is 0.778 bits per heavy atom. The van der Waals surface area contributed by atoms with Crippen LogP contribution in [0.25, 0.3) is 0 Å². The van der Waals surface area contributed by atoms with Crippen molar-refractivity contribution in [3.05, 3.63) is 85.1 Å². The summed E-state index contributed by atoms with van der Waals surface area (Å²) in [5, 5.41) is 0. The average Bonchev–Trinajstić information content (AvgIpc) is 3.47. The number of carbonyl (C=O) groups excluding carboxylic acids is 3. The molecule has 0 aromatic heterocycles. The van der Waals surface area contributed by atoms with Crippen molar-refractivity contribution in [2.24, 2.45) is 0 Å². The monoisotopic (exact) mass is 1130 g/mol. The molecule has 0 aliphatic carbocycles. The topological polar surface area (TPSA) is 78.9 Å². The van der Waals surface area contributed by atoms with Crippen LogP contribution in [0.1, 0.15) is 355 Å². The molecule has 1 atom stereocenters. The number of rotatable bonds is 64. The molecule has 0 aromatic rings. The molecule has 0 aliphatic rings. The van der Waals surface area contributed by atoms with Gasteiger partial charge in [0.25, 0.3) is 0 Å². The minimum absolute atomic E-state index is 0.0786. The molecular weight excluding hydrogens is 997 g/mol. The zero-order valence-corrected chi connectivity index (χ0v) is 53.8. The summed E-state index contributed by atoms with van der Waals surface area (Å²) in [6, 6.07) is 0. The fourth-order valence-electron chi connectivity index (χ4n) is 10.1. The molecular formula is C75H132O6. The third-order valence-electron chi connectivity index (χ3n) is 15.4. The first-order chi connectivity index (χ1) is 40.0. The highest BCUT2D eigenvalue weighted by atomic mass is 16.6. The van der Waals surface area contributed by atoms with Crippen LogP contribution in [0.2, 0.25) is 0 Å². The Labute approximate surface area is 503 Å². The molecule has 81 heavy (non-hydrogen) atoms. The van der Waals surface area contributed by atoms with E-state index in [0.717, 1.165) is 103 Å². The van der Waals surface area contributed by atoms with E-state index in [9.17, 15) is 14.4 Å². The lowest BCUT2D eigenvalue weighted by Gasteiger charge is -2.18. The number of allylic oxidation sites excluding steroid dienone is 14. The van der Waals surface area contributed by atoms with Crippen molar-refractivity contribution in [3.8, 4) is 0 Å². The maximum absolute atomic E-state index is 12.9. The smallest absolute Gasteiger partial charge is 0.306 e. The summed E-state index contributed by atoms with van der Waals surface area (Å²) < 4.78 is 17.0. The van der Waals surface area contributed by atoms with Gasteiger partial charge in [-0.15, -0.1) is 0 Å². The van der Waals surface area contributed by atoms with Gasteiger partial charge in [0.1, 0.15) is 13.2 Å². The van der Waals surface area contributed by atoms with Crippen LogP contribution in [0.4, 0.5) is 0 Å². The molecule has 468 valence electrons. The fraction of sp³-hybridized carbons (Fsp3) is 0.773. The second-order valence-electron chi connectivity index (χ2n) is 23.4. The van der Waals surface area contributed by atoms with Crippen LogP contribution in [0.5, 0.6) is 0 Å². The van der Waals surface area contributed by atoms with Crippen LogP contribution in [0.15, 0.2) is 85.1 Å². The molecule has 0 bridgehead atoms. The average molecular weight is 1130 g/mol. The van der Waals surface area contributed by atoms with E-state index in [1.54, 1.807) is 0 Å². The van der Waals surface area contributed by atoms with Crippen LogP contribution in [0.3, 0.4) is 0 Å². The highest BCUT2D eigenvalue weighted by Gasteiger charge is 2.19. The molecule has 0 heterocycles. The molecule has 6 heteroatoms. The largest absolute Gasteiger partial charge is 0.462 e. The van der Waals surface area contributed by atoms with E-state index in [4.69, 9.17) is 14.2 Å². The van der Waals surface area contributed by atoms with Crippen molar-refractivity contribution >= 4 is 17.9 Å². The number of carbonyl (C=O) groups is 3. The van der Waals surface area contributed by atoms with Gasteiger partial charge < -0.3 is 14.2 Å². The van der Waals surface area contributed by atoms with Crippen molar-refractivity contribution < 1.29 is 28.6 Å². The van der Waals surface area contributed by atoms with Gasteiger partial charge in [0.15, 0.2) is 6.10 Å². The predicted octanol–water partition coefficient (Wildman–Crippen LogP) is 24.2. The molecule has 0 spiro atoms. The van der Waals surface area contributed by atoms with Crippen molar-refractivity contribution in [3.63, 3.8) is 0 Å². The maximum atomic E-state index is 12.9. The van der Waals surface area contributed by atoms with Gasteiger partial charge in [-0.3, -0.25) is 14.4 Å². The highest BCUT2D eigenvalue weighted by Crippen LogP contribution is 2.17. The van der Waals surface area contributed by atoms with Crippen molar-refractivity contribution in [1.29, 1.82) is 0 Å². The number of hydrogen-bond donors (Lipinski definition) is 0. The summed E-state index contributed by atoms with van der Waals surface area (Å²) in [6.45, 7) is 6.53. The molecule has 0 fully saturated rings. The van der Waals surface area contributed by atoms with Gasteiger partial charge in [0.2, 0.25) is 0 Å². The van der Waals surface area contributed by atoms with Gasteiger partial charge in [0, 0.05) is 19.3 Å². The number of esters is 3. The van der Waals surface area contributed by atoms with Crippen molar-refractivity contribution in [2.45, 2.75) is 361 Å². The van der Waals surface area contributed by atoms with E-state index in [1.807, 2.05) is 0 Å². The Bertz CT molecular complexity index is 1530. The van der Waals surface area contributed by atoms with E-state index >= 15 is 0 Å². The standard InChI is InChI=1S/C75H132O6/c1-4-7-10-13-16-19-22-25-28-30-32-33-34-35-36-37-38-39-40-41-42-43-44-46-47-50-53-56-59-62-65-68-74(77)80-71-72(70-79-73(76)67-64-61-58-55-52-49-27-24-21-18-15-12-9-6-3)81-75(78)69-66-63-60-57-54-51-48-45-31-29-26-23-20-17-14-11-8-5-2/h7,10,16,19-20,23-25,27-29,31-33,72H,4-6,8-9,11-15,17-18,21-22,26,30,34-71H2,1-3H3/b10-7-,19-16-,23-20-,27-24-,28-25-,31-29-,33-32-. The maximum Gasteiger partial charge on any atom is 0.306 e. The lowest BCUT2D eigenvalue weighted by molar-refractivity contribution is -0.167. The van der Waals surface area contributed by atoms with Gasteiger partial charge in [0.05, 0.1) is 0 Å². The second kappa shape index (κ2) is 69.1. The fourth-order valence-corrected chi connectivity index (χ4v) is 10.1. The SMILES string of the molecule is CC/C=C\C/C=C\C/C=C\C/C=C\CCCCCCCCCCCCCCCCCCCCC(=O)OCC(COC(=O)CCCCCCC/C=C\CCCCCCC)OC(=O)CCCCCCCCC/C=C\C/C=C\CCCCCC. The van der Waals surface area contributed by atoms with Gasteiger partial charge in [-0.1, -0.05) is 305 Å². The number of ether oxygens (including phenoxy) is 3. The number of hydrogen-bond acceptors (Lipinski definition) is 6. The number of unbranched alkanes of at least 4 members (excludes halogenated alkanes) is 39. The Balaban J connectivity index is 4.22. The van der Waals surface area contributed by atoms with E-state index in [0.29, 0.717) is 19.3 Å². The molecule has 0 amide bonds. The summed E-state index contributed by atoms with van der Waals surface area (Å²) in [5.41, 5.74) is 0.